The molecule has 5 rings (SSSR count). The lowest BCUT2D eigenvalue weighted by atomic mass is 9.94. The number of amides is 1. The van der Waals surface area contributed by atoms with Crippen molar-refractivity contribution in [2.75, 3.05) is 38.1 Å². The lowest BCUT2D eigenvalue weighted by Gasteiger charge is -2.37. The Morgan fingerprint density at radius 1 is 0.946 bits per heavy atom. The van der Waals surface area contributed by atoms with E-state index in [2.05, 4.69) is 68.4 Å². The third-order valence-electron chi connectivity index (χ3n) is 6.54. The van der Waals surface area contributed by atoms with Crippen LogP contribution in [0.25, 0.3) is 21.8 Å². The van der Waals surface area contributed by atoms with Gasteiger partial charge in [0, 0.05) is 67.0 Å². The van der Waals surface area contributed by atoms with E-state index in [4.69, 9.17) is 5.10 Å². The zero-order valence-electron chi connectivity index (χ0n) is 21.4. The zero-order chi connectivity index (χ0) is 24.4. The number of para-hydroxylation sites is 2. The number of nitrogens with one attached hydrogen (secondary N) is 1. The number of anilines is 1. The maximum Gasteiger partial charge on any atom is 0.228 e. The minimum atomic E-state index is -0.322. The normalized spacial score (nSPS) is 14.2. The van der Waals surface area contributed by atoms with Crippen LogP contribution < -0.4 is 10.8 Å². The molecule has 0 atom stereocenters. The van der Waals surface area contributed by atoms with Crippen LogP contribution in [0, 0.1) is 5.41 Å². The highest BCUT2D eigenvalue weighted by atomic mass is 35.5. The van der Waals surface area contributed by atoms with E-state index in [9.17, 15) is 4.79 Å². The molecule has 0 saturated carbocycles. The summed E-state index contributed by atoms with van der Waals surface area (Å²) in [4.78, 5) is 21.4. The first-order valence-corrected chi connectivity index (χ1v) is 13.0. The van der Waals surface area contributed by atoms with Gasteiger partial charge in [-0.05, 0) is 12.1 Å². The minimum absolute atomic E-state index is 0. The average molecular weight is 562 g/mol. The fraction of sp³-hybridized carbons (Fsp3) is 0.370. The maximum atomic E-state index is 12.6. The second-order valence-corrected chi connectivity index (χ2v) is 10.9. The summed E-state index contributed by atoms with van der Waals surface area (Å²) in [5.41, 5.74) is 5.13. The molecule has 7 nitrogen and oxygen atoms in total. The Labute approximate surface area is 234 Å². The van der Waals surface area contributed by atoms with E-state index < -0.39 is 0 Å². The summed E-state index contributed by atoms with van der Waals surface area (Å²) in [6.45, 7) is 11.2. The molecular weight excluding hydrogens is 527 g/mol. The number of fused-ring (bicyclic) bond motifs is 2. The maximum absolute atomic E-state index is 12.6. The van der Waals surface area contributed by atoms with Crippen molar-refractivity contribution in [3.05, 3.63) is 65.5 Å². The number of halogens is 2. The molecule has 0 radical (unpaired) electrons. The molecule has 2 aromatic heterocycles. The largest absolute Gasteiger partial charge is 0.340 e. The molecule has 0 aliphatic carbocycles. The lowest BCUT2D eigenvalue weighted by Crippen LogP contribution is -2.52. The van der Waals surface area contributed by atoms with Crippen molar-refractivity contribution in [1.82, 2.24) is 19.4 Å². The third kappa shape index (κ3) is 6.26. The van der Waals surface area contributed by atoms with Crippen molar-refractivity contribution in [2.24, 2.45) is 10.5 Å². The molecule has 1 saturated heterocycles. The van der Waals surface area contributed by atoms with Crippen LogP contribution in [0.2, 0.25) is 0 Å². The van der Waals surface area contributed by atoms with Gasteiger partial charge >= 0.3 is 0 Å². The second-order valence-electron chi connectivity index (χ2n) is 9.98. The van der Waals surface area contributed by atoms with Gasteiger partial charge in [0.25, 0.3) is 0 Å². The van der Waals surface area contributed by atoms with E-state index in [1.165, 1.54) is 11.3 Å². The molecule has 37 heavy (non-hydrogen) atoms. The Hall–Kier alpha value is -2.65. The van der Waals surface area contributed by atoms with Crippen molar-refractivity contribution < 1.29 is 4.79 Å². The first-order chi connectivity index (χ1) is 16.9. The van der Waals surface area contributed by atoms with Gasteiger partial charge in [-0.15, -0.1) is 36.2 Å². The average Bonchev–Trinajstić information content (AvgIpc) is 3.39. The number of hydrogen-bond acceptors (Lipinski definition) is 6. The standard InChI is InChI=1S/C27H32N6OS.2ClH/c1-27(2,3)25(34)32-16-13-31(14-17-32)15-18-33-22-10-6-4-8-20(22)24(21-9-5-7-11-23(21)33)29-30-26-28-12-19-35-26;;/h4-12,19H,13-18H2,1-3H3,(H,28,30);2*1H. The van der Waals surface area contributed by atoms with Gasteiger partial charge in [-0.3, -0.25) is 15.1 Å². The summed E-state index contributed by atoms with van der Waals surface area (Å²) >= 11 is 1.53. The molecule has 4 aromatic rings. The van der Waals surface area contributed by atoms with Gasteiger partial charge in [0.05, 0.1) is 11.0 Å². The second kappa shape index (κ2) is 12.3. The van der Waals surface area contributed by atoms with Crippen LogP contribution in [-0.2, 0) is 11.3 Å². The number of aromatic nitrogens is 2. The van der Waals surface area contributed by atoms with Crippen LogP contribution in [0.15, 0.2) is 65.2 Å². The molecule has 1 aliphatic heterocycles. The summed E-state index contributed by atoms with van der Waals surface area (Å²) in [5.74, 6) is 0.245. The molecule has 1 amide bonds. The predicted molar refractivity (Wildman–Crippen MR) is 158 cm³/mol. The SMILES string of the molecule is CC(C)(C)C(=O)N1CCN(CCn2c3ccccc3c(=NNc3nccs3)c3ccccc32)CC1.Cl.Cl. The predicted octanol–water partition coefficient (Wildman–Crippen LogP) is 5.21. The van der Waals surface area contributed by atoms with Gasteiger partial charge in [-0.1, -0.05) is 57.2 Å². The zero-order valence-corrected chi connectivity index (χ0v) is 23.8. The molecule has 198 valence electrons. The van der Waals surface area contributed by atoms with Gasteiger partial charge in [0.15, 0.2) is 0 Å². The molecule has 10 heteroatoms. The molecule has 1 N–H and O–H groups in total. The fourth-order valence-corrected chi connectivity index (χ4v) is 5.20. The van der Waals surface area contributed by atoms with Crippen LogP contribution in [0.4, 0.5) is 5.13 Å². The van der Waals surface area contributed by atoms with Crippen LogP contribution in [0.3, 0.4) is 0 Å². The highest BCUT2D eigenvalue weighted by molar-refractivity contribution is 7.13. The minimum Gasteiger partial charge on any atom is -0.340 e. The quantitative estimate of drug-likeness (QED) is 0.268. The summed E-state index contributed by atoms with van der Waals surface area (Å²) < 4.78 is 2.40. The molecule has 2 aromatic carbocycles. The molecular formula is C27H34Cl2N6OS. The first kappa shape index (κ1) is 28.9. The van der Waals surface area contributed by atoms with Crippen LogP contribution >= 0.6 is 36.2 Å². The smallest absolute Gasteiger partial charge is 0.228 e. The van der Waals surface area contributed by atoms with E-state index in [0.29, 0.717) is 0 Å². The van der Waals surface area contributed by atoms with Gasteiger partial charge in [0.2, 0.25) is 11.0 Å². The number of carbonyl (C=O) groups is 1. The summed E-state index contributed by atoms with van der Waals surface area (Å²) in [5, 5.41) is 10.6. The van der Waals surface area contributed by atoms with Crippen molar-refractivity contribution in [2.45, 2.75) is 27.3 Å². The van der Waals surface area contributed by atoms with Gasteiger partial charge in [-0.25, -0.2) is 4.98 Å². The molecule has 3 heterocycles. The summed E-state index contributed by atoms with van der Waals surface area (Å²) in [6.07, 6.45) is 1.77. The van der Waals surface area contributed by atoms with Gasteiger partial charge in [-0.2, -0.15) is 5.10 Å². The number of rotatable bonds is 5. The van der Waals surface area contributed by atoms with Crippen molar-refractivity contribution >= 4 is 69.0 Å². The topological polar surface area (TPSA) is 65.8 Å². The van der Waals surface area contributed by atoms with Crippen LogP contribution in [0.1, 0.15) is 20.8 Å². The molecule has 0 bridgehead atoms. The summed E-state index contributed by atoms with van der Waals surface area (Å²) in [6, 6.07) is 16.9. The van der Waals surface area contributed by atoms with Gasteiger partial charge in [0.1, 0.15) is 5.36 Å². The molecule has 0 spiro atoms. The van der Waals surface area contributed by atoms with Gasteiger partial charge < -0.3 is 9.47 Å². The molecule has 1 aliphatic rings. The Bertz CT molecular complexity index is 1350. The van der Waals surface area contributed by atoms with Crippen LogP contribution in [-0.4, -0.2) is 58.0 Å². The van der Waals surface area contributed by atoms with E-state index in [1.807, 2.05) is 31.1 Å². The number of thiazole rings is 1. The van der Waals surface area contributed by atoms with E-state index in [0.717, 1.165) is 71.6 Å². The van der Waals surface area contributed by atoms with Crippen molar-refractivity contribution in [1.29, 1.82) is 0 Å². The highest BCUT2D eigenvalue weighted by Crippen LogP contribution is 2.21. The van der Waals surface area contributed by atoms with Crippen molar-refractivity contribution in [3.63, 3.8) is 0 Å². The number of nitrogens with zero attached hydrogens (tertiary/aromatic N) is 5. The Morgan fingerprint density at radius 2 is 1.54 bits per heavy atom. The Kier molecular flexibility index (Phi) is 9.58. The number of piperazine rings is 1. The van der Waals surface area contributed by atoms with E-state index in [1.54, 1.807) is 6.20 Å². The number of hydrogen-bond donors (Lipinski definition) is 1. The molecule has 1 fully saturated rings. The summed E-state index contributed by atoms with van der Waals surface area (Å²) in [7, 11) is 0. The van der Waals surface area contributed by atoms with E-state index >= 15 is 0 Å². The number of benzene rings is 2. The lowest BCUT2D eigenvalue weighted by molar-refractivity contribution is -0.141. The Morgan fingerprint density at radius 3 is 2.08 bits per heavy atom. The van der Waals surface area contributed by atoms with E-state index in [-0.39, 0.29) is 36.1 Å². The fourth-order valence-electron chi connectivity index (χ4n) is 4.73. The monoisotopic (exact) mass is 560 g/mol. The Balaban J connectivity index is 0.00000190. The van der Waals surface area contributed by atoms with Crippen molar-refractivity contribution in [3.8, 4) is 0 Å². The highest BCUT2D eigenvalue weighted by Gasteiger charge is 2.29. The molecule has 0 unspecified atom stereocenters. The first-order valence-electron chi connectivity index (χ1n) is 12.1. The number of pyridine rings is 1. The third-order valence-corrected chi connectivity index (χ3v) is 7.21. The number of carbonyl (C=O) groups excluding carboxylic acids is 1. The van der Waals surface area contributed by atoms with Crippen LogP contribution in [0.5, 0.6) is 0 Å².